The molecule has 8 heteroatoms. The quantitative estimate of drug-likeness (QED) is 0.530. The largest absolute Gasteiger partial charge is 0.396 e. The van der Waals surface area contributed by atoms with Gasteiger partial charge < -0.3 is 20.5 Å². The van der Waals surface area contributed by atoms with Gasteiger partial charge in [0.15, 0.2) is 5.65 Å². The maximum absolute atomic E-state index is 11.4. The van der Waals surface area contributed by atoms with Crippen LogP contribution in [0.4, 0.5) is 5.82 Å². The van der Waals surface area contributed by atoms with Crippen molar-refractivity contribution in [2.45, 2.75) is 18.6 Å². The maximum atomic E-state index is 11.4. The summed E-state index contributed by atoms with van der Waals surface area (Å²) in [5.74, 6) is -0.224. The fourth-order valence-corrected chi connectivity index (χ4v) is 2.75. The van der Waals surface area contributed by atoms with Crippen LogP contribution in [0.3, 0.4) is 0 Å². The molecule has 0 saturated heterocycles. The Bertz CT molecular complexity index is 734. The fraction of sp³-hybridized carbons (Fsp3) is 0.417. The molecule has 3 unspecified atom stereocenters. The van der Waals surface area contributed by atoms with E-state index in [0.717, 1.165) is 0 Å². The Morgan fingerprint density at radius 1 is 1.60 bits per heavy atom. The molecule has 2 aromatic rings. The second kappa shape index (κ2) is 4.43. The van der Waals surface area contributed by atoms with E-state index in [1.54, 1.807) is 4.57 Å². The molecule has 5 N–H and O–H groups in total. The van der Waals surface area contributed by atoms with Crippen molar-refractivity contribution in [3.8, 4) is 0 Å². The van der Waals surface area contributed by atoms with E-state index in [0.29, 0.717) is 23.2 Å². The number of nitrogen functional groups attached to an aromatic ring is 1. The third kappa shape index (κ3) is 1.73. The number of anilines is 1. The minimum Gasteiger partial charge on any atom is -0.396 e. The average Bonchev–Trinajstić information content (AvgIpc) is 2.91. The molecule has 1 saturated carbocycles. The van der Waals surface area contributed by atoms with E-state index in [4.69, 9.17) is 5.73 Å². The molecule has 0 amide bonds. The lowest BCUT2D eigenvalue weighted by Gasteiger charge is -2.15. The van der Waals surface area contributed by atoms with Gasteiger partial charge in [0.05, 0.1) is 25.1 Å². The van der Waals surface area contributed by atoms with E-state index in [9.17, 15) is 15.0 Å². The molecule has 0 spiro atoms. The number of aromatic amines is 1. The topological polar surface area (TPSA) is 130 Å². The number of aliphatic hydroxyl groups excluding tert-OH is 2. The number of imidazole rings is 1. The van der Waals surface area contributed by atoms with E-state index in [1.807, 2.05) is 0 Å². The summed E-state index contributed by atoms with van der Waals surface area (Å²) < 4.78 is 1.67. The van der Waals surface area contributed by atoms with Crippen molar-refractivity contribution in [3.05, 3.63) is 29.0 Å². The van der Waals surface area contributed by atoms with Crippen LogP contribution in [-0.2, 0) is 0 Å². The van der Waals surface area contributed by atoms with Crippen LogP contribution in [0.5, 0.6) is 0 Å². The van der Waals surface area contributed by atoms with Crippen molar-refractivity contribution < 1.29 is 10.2 Å². The number of H-pyrrole nitrogens is 1. The predicted molar refractivity (Wildman–Crippen MR) is 71.9 cm³/mol. The van der Waals surface area contributed by atoms with Gasteiger partial charge in [0, 0.05) is 5.92 Å². The fourth-order valence-electron chi connectivity index (χ4n) is 2.75. The molecule has 0 aliphatic heterocycles. The molecule has 0 aromatic carbocycles. The van der Waals surface area contributed by atoms with Crippen LogP contribution in [0, 0.1) is 5.92 Å². The van der Waals surface area contributed by atoms with Crippen LogP contribution in [0.25, 0.3) is 11.2 Å². The number of nitrogens with zero attached hydrogens (tertiary/aromatic N) is 3. The number of nitrogens with two attached hydrogens (primary N) is 1. The molecule has 1 aliphatic carbocycles. The van der Waals surface area contributed by atoms with Gasteiger partial charge in [-0.15, -0.1) is 0 Å². The molecule has 2 aromatic heterocycles. The number of fused-ring (bicyclic) bond motifs is 1. The molecule has 2 heterocycles. The van der Waals surface area contributed by atoms with E-state index in [2.05, 4.69) is 21.5 Å². The highest BCUT2D eigenvalue weighted by atomic mass is 16.3. The Morgan fingerprint density at radius 3 is 3.00 bits per heavy atom. The normalized spacial score (nSPS) is 26.5. The molecule has 3 atom stereocenters. The van der Waals surface area contributed by atoms with Crippen molar-refractivity contribution in [3.63, 3.8) is 0 Å². The van der Waals surface area contributed by atoms with Crippen molar-refractivity contribution in [1.82, 2.24) is 19.5 Å². The van der Waals surface area contributed by atoms with Crippen molar-refractivity contribution in [1.29, 1.82) is 0 Å². The highest BCUT2D eigenvalue weighted by Gasteiger charge is 2.37. The summed E-state index contributed by atoms with van der Waals surface area (Å²) >= 11 is 0. The highest BCUT2D eigenvalue weighted by molar-refractivity contribution is 5.81. The average molecular weight is 277 g/mol. The minimum absolute atomic E-state index is 0.154. The lowest BCUT2D eigenvalue weighted by atomic mass is 10.0. The zero-order valence-electron chi connectivity index (χ0n) is 10.7. The van der Waals surface area contributed by atoms with Gasteiger partial charge >= 0.3 is 5.69 Å². The van der Waals surface area contributed by atoms with Crippen LogP contribution in [0.15, 0.2) is 23.3 Å². The molecule has 8 nitrogen and oxygen atoms in total. The molecule has 20 heavy (non-hydrogen) atoms. The first-order chi connectivity index (χ1) is 9.52. The number of nitrogens with one attached hydrogen (secondary N) is 1. The molecule has 1 aliphatic rings. The minimum atomic E-state index is -0.672. The predicted octanol–water partition coefficient (Wildman–Crippen LogP) is -0.828. The van der Waals surface area contributed by atoms with Crippen LogP contribution >= 0.6 is 0 Å². The SMILES string of the molecule is C=C1C(CO)C(O)CC1n1cnc2c(N)[nH]c(=O)nc21. The Morgan fingerprint density at radius 2 is 2.35 bits per heavy atom. The Kier molecular flexibility index (Phi) is 2.84. The van der Waals surface area contributed by atoms with Gasteiger partial charge in [-0.05, 0) is 12.0 Å². The Labute approximate surface area is 113 Å². The van der Waals surface area contributed by atoms with Gasteiger partial charge in [0.1, 0.15) is 11.3 Å². The molecule has 1 fully saturated rings. The molecule has 0 radical (unpaired) electrons. The van der Waals surface area contributed by atoms with E-state index in [-0.39, 0.29) is 24.4 Å². The van der Waals surface area contributed by atoms with Gasteiger partial charge in [-0.2, -0.15) is 4.98 Å². The monoisotopic (exact) mass is 277 g/mol. The van der Waals surface area contributed by atoms with Crippen molar-refractivity contribution in [2.24, 2.45) is 5.92 Å². The number of hydrogen-bond donors (Lipinski definition) is 4. The first-order valence-corrected chi connectivity index (χ1v) is 6.23. The third-order valence-electron chi connectivity index (χ3n) is 3.84. The lowest BCUT2D eigenvalue weighted by Crippen LogP contribution is -2.17. The van der Waals surface area contributed by atoms with Gasteiger partial charge in [-0.1, -0.05) is 6.58 Å². The summed E-state index contributed by atoms with van der Waals surface area (Å²) in [5, 5.41) is 19.2. The Balaban J connectivity index is 2.12. The molecule has 3 rings (SSSR count). The number of aliphatic hydroxyl groups is 2. The van der Waals surface area contributed by atoms with Crippen LogP contribution in [0.1, 0.15) is 12.5 Å². The molecular formula is C12H15N5O3. The summed E-state index contributed by atoms with van der Waals surface area (Å²) in [5.41, 5.74) is 6.59. The molecule has 106 valence electrons. The lowest BCUT2D eigenvalue weighted by molar-refractivity contribution is 0.101. The summed E-state index contributed by atoms with van der Waals surface area (Å²) in [6.45, 7) is 3.76. The number of aromatic nitrogens is 4. The van der Waals surface area contributed by atoms with E-state index < -0.39 is 11.8 Å². The van der Waals surface area contributed by atoms with Crippen molar-refractivity contribution >= 4 is 17.0 Å². The highest BCUT2D eigenvalue weighted by Crippen LogP contribution is 2.39. The van der Waals surface area contributed by atoms with Crippen LogP contribution < -0.4 is 11.4 Å². The maximum Gasteiger partial charge on any atom is 0.348 e. The summed E-state index contributed by atoms with van der Waals surface area (Å²) in [6.07, 6.45) is 1.24. The zero-order chi connectivity index (χ0) is 14.4. The number of hydrogen-bond acceptors (Lipinski definition) is 6. The Hall–Kier alpha value is -2.19. The van der Waals surface area contributed by atoms with E-state index in [1.165, 1.54) is 6.33 Å². The smallest absolute Gasteiger partial charge is 0.348 e. The molecule has 0 bridgehead atoms. The summed E-state index contributed by atoms with van der Waals surface area (Å²) in [6, 6.07) is -0.263. The van der Waals surface area contributed by atoms with Crippen molar-refractivity contribution in [2.75, 3.05) is 12.3 Å². The third-order valence-corrected chi connectivity index (χ3v) is 3.84. The standard InChI is InChI=1S/C12H15N5O3/c1-5-6(3-18)8(19)2-7(5)17-4-14-9-10(13)15-12(20)16-11(9)17/h4,6-8,18-19H,1-3H2,(H3,13,15,16,20). The van der Waals surface area contributed by atoms with Gasteiger partial charge in [0.2, 0.25) is 0 Å². The first kappa shape index (κ1) is 12.8. The van der Waals surface area contributed by atoms with E-state index >= 15 is 0 Å². The van der Waals surface area contributed by atoms with Gasteiger partial charge in [-0.3, -0.25) is 4.98 Å². The second-order valence-electron chi connectivity index (χ2n) is 4.96. The summed E-state index contributed by atoms with van der Waals surface area (Å²) in [7, 11) is 0. The second-order valence-corrected chi connectivity index (χ2v) is 4.96. The molecular weight excluding hydrogens is 262 g/mol. The zero-order valence-corrected chi connectivity index (χ0v) is 10.7. The first-order valence-electron chi connectivity index (χ1n) is 6.23. The van der Waals surface area contributed by atoms with Crippen LogP contribution in [-0.4, -0.2) is 42.4 Å². The van der Waals surface area contributed by atoms with Crippen LogP contribution in [0.2, 0.25) is 0 Å². The van der Waals surface area contributed by atoms with Gasteiger partial charge in [-0.25, -0.2) is 9.78 Å². The number of rotatable bonds is 2. The van der Waals surface area contributed by atoms with Gasteiger partial charge in [0.25, 0.3) is 0 Å². The summed E-state index contributed by atoms with van der Waals surface area (Å²) in [4.78, 5) is 21.8.